The van der Waals surface area contributed by atoms with Gasteiger partial charge >= 0.3 is 0 Å². The Hall–Kier alpha value is -1.21. The van der Waals surface area contributed by atoms with Crippen molar-refractivity contribution in [2.45, 2.75) is 24.4 Å². The number of nitrogens with one attached hydrogen (secondary N) is 1. The normalized spacial score (nSPS) is 19.4. The lowest BCUT2D eigenvalue weighted by Crippen LogP contribution is -2.35. The number of methoxy groups -OCH3 is 1. The first-order chi connectivity index (χ1) is 10.1. The summed E-state index contributed by atoms with van der Waals surface area (Å²) in [6.45, 7) is 3.10. The molecule has 0 unspecified atom stereocenters. The minimum absolute atomic E-state index is 0.397. The zero-order valence-corrected chi connectivity index (χ0v) is 12.9. The van der Waals surface area contributed by atoms with Gasteiger partial charge in [0, 0.05) is 33.3 Å². The highest BCUT2D eigenvalue weighted by atomic mass is 32.2. The van der Waals surface area contributed by atoms with Crippen molar-refractivity contribution in [1.82, 2.24) is 9.62 Å². The van der Waals surface area contributed by atoms with Crippen LogP contribution in [0.1, 0.15) is 17.5 Å². The largest absolute Gasteiger partial charge is 0.380 e. The minimum atomic E-state index is -3.40. The summed E-state index contributed by atoms with van der Waals surface area (Å²) < 4.78 is 32.0. The fraction of sp³-hybridized carbons (Fsp3) is 0.467. The van der Waals surface area contributed by atoms with Gasteiger partial charge in [0.05, 0.1) is 11.5 Å². The van der Waals surface area contributed by atoms with Crippen LogP contribution in [0.3, 0.4) is 0 Å². The molecule has 0 saturated heterocycles. The molecule has 0 aromatic heterocycles. The average Bonchev–Trinajstić information content (AvgIpc) is 2.95. The SMILES string of the molecule is COCC1=CCN(S(=O)(=O)c2ccc3c(c2)CNC3)CC1. The molecule has 0 fully saturated rings. The molecule has 6 heteroatoms. The average molecular weight is 308 g/mol. The lowest BCUT2D eigenvalue weighted by atomic mass is 10.1. The molecule has 3 rings (SSSR count). The van der Waals surface area contributed by atoms with Crippen molar-refractivity contribution in [3.63, 3.8) is 0 Å². The Balaban J connectivity index is 1.81. The lowest BCUT2D eigenvalue weighted by Gasteiger charge is -2.25. The molecule has 0 radical (unpaired) electrons. The summed E-state index contributed by atoms with van der Waals surface area (Å²) in [6, 6.07) is 5.44. The zero-order chi connectivity index (χ0) is 14.9. The van der Waals surface area contributed by atoms with E-state index in [9.17, 15) is 8.42 Å². The fourth-order valence-electron chi connectivity index (χ4n) is 2.81. The van der Waals surface area contributed by atoms with Gasteiger partial charge < -0.3 is 10.1 Å². The summed E-state index contributed by atoms with van der Waals surface area (Å²) in [5, 5.41) is 3.23. The Kier molecular flexibility index (Phi) is 4.12. The molecule has 0 atom stereocenters. The predicted octanol–water partition coefficient (Wildman–Crippen LogP) is 1.26. The summed E-state index contributed by atoms with van der Waals surface area (Å²) in [5.74, 6) is 0. The molecular weight excluding hydrogens is 288 g/mol. The van der Waals surface area contributed by atoms with Gasteiger partial charge in [0.2, 0.25) is 10.0 Å². The Morgan fingerprint density at radius 1 is 1.29 bits per heavy atom. The molecule has 21 heavy (non-hydrogen) atoms. The van der Waals surface area contributed by atoms with Crippen molar-refractivity contribution in [3.8, 4) is 0 Å². The van der Waals surface area contributed by atoms with Gasteiger partial charge in [0.1, 0.15) is 0 Å². The fourth-order valence-corrected chi connectivity index (χ4v) is 4.24. The summed E-state index contributed by atoms with van der Waals surface area (Å²) in [6.07, 6.45) is 2.69. The third-order valence-corrected chi connectivity index (χ3v) is 5.90. The predicted molar refractivity (Wildman–Crippen MR) is 80.3 cm³/mol. The van der Waals surface area contributed by atoms with Crippen molar-refractivity contribution in [2.75, 3.05) is 26.8 Å². The molecule has 114 valence electrons. The first-order valence-electron chi connectivity index (χ1n) is 7.11. The van der Waals surface area contributed by atoms with Crippen LogP contribution < -0.4 is 5.32 Å². The van der Waals surface area contributed by atoms with Crippen LogP contribution in [0.5, 0.6) is 0 Å². The van der Waals surface area contributed by atoms with Gasteiger partial charge in [0.25, 0.3) is 0 Å². The number of sulfonamides is 1. The number of ether oxygens (including phenoxy) is 1. The van der Waals surface area contributed by atoms with E-state index in [4.69, 9.17) is 4.74 Å². The van der Waals surface area contributed by atoms with E-state index < -0.39 is 10.0 Å². The summed E-state index contributed by atoms with van der Waals surface area (Å²) in [5.41, 5.74) is 3.45. The molecule has 5 nitrogen and oxygen atoms in total. The van der Waals surface area contributed by atoms with Gasteiger partial charge in [-0.1, -0.05) is 12.1 Å². The topological polar surface area (TPSA) is 58.6 Å². The van der Waals surface area contributed by atoms with Crippen molar-refractivity contribution in [2.24, 2.45) is 0 Å². The summed E-state index contributed by atoms with van der Waals surface area (Å²) >= 11 is 0. The molecule has 1 aromatic carbocycles. The van der Waals surface area contributed by atoms with Gasteiger partial charge in [-0.2, -0.15) is 4.31 Å². The van der Waals surface area contributed by atoms with Crippen molar-refractivity contribution in [1.29, 1.82) is 0 Å². The van der Waals surface area contributed by atoms with Crippen LogP contribution in [0.25, 0.3) is 0 Å². The first-order valence-corrected chi connectivity index (χ1v) is 8.55. The number of fused-ring (bicyclic) bond motifs is 1. The highest BCUT2D eigenvalue weighted by Crippen LogP contribution is 2.24. The summed E-state index contributed by atoms with van der Waals surface area (Å²) in [4.78, 5) is 0.397. The summed E-state index contributed by atoms with van der Waals surface area (Å²) in [7, 11) is -1.75. The van der Waals surface area contributed by atoms with E-state index in [0.717, 1.165) is 25.1 Å². The molecule has 0 saturated carbocycles. The Labute approximate surface area is 125 Å². The Morgan fingerprint density at radius 3 is 2.81 bits per heavy atom. The monoisotopic (exact) mass is 308 g/mol. The van der Waals surface area contributed by atoms with E-state index in [1.807, 2.05) is 12.1 Å². The second-order valence-electron chi connectivity index (χ2n) is 5.44. The number of benzene rings is 1. The second-order valence-corrected chi connectivity index (χ2v) is 7.38. The number of rotatable bonds is 4. The number of hydrogen-bond donors (Lipinski definition) is 1. The van der Waals surface area contributed by atoms with Crippen LogP contribution >= 0.6 is 0 Å². The molecule has 0 amide bonds. The molecule has 0 bridgehead atoms. The highest BCUT2D eigenvalue weighted by molar-refractivity contribution is 7.89. The van der Waals surface area contributed by atoms with E-state index in [-0.39, 0.29) is 0 Å². The van der Waals surface area contributed by atoms with E-state index in [1.54, 1.807) is 19.2 Å². The molecule has 0 spiro atoms. The molecule has 1 aromatic rings. The highest BCUT2D eigenvalue weighted by Gasteiger charge is 2.27. The van der Waals surface area contributed by atoms with Crippen LogP contribution in [0.15, 0.2) is 34.7 Å². The smallest absolute Gasteiger partial charge is 0.243 e. The van der Waals surface area contributed by atoms with E-state index in [2.05, 4.69) is 5.32 Å². The third-order valence-electron chi connectivity index (χ3n) is 4.04. The van der Waals surface area contributed by atoms with Crippen LogP contribution in [-0.2, 0) is 27.8 Å². The van der Waals surface area contributed by atoms with E-state index in [1.165, 1.54) is 15.4 Å². The van der Waals surface area contributed by atoms with Crippen LogP contribution in [-0.4, -0.2) is 39.5 Å². The van der Waals surface area contributed by atoms with Crippen LogP contribution in [0.2, 0.25) is 0 Å². The van der Waals surface area contributed by atoms with Gasteiger partial charge in [-0.05, 0) is 35.3 Å². The lowest BCUT2D eigenvalue weighted by molar-refractivity contribution is 0.219. The Bertz CT molecular complexity index is 667. The first kappa shape index (κ1) is 14.7. The molecule has 0 aliphatic carbocycles. The molecule has 1 N–H and O–H groups in total. The van der Waals surface area contributed by atoms with Gasteiger partial charge in [-0.3, -0.25) is 0 Å². The van der Waals surface area contributed by atoms with Crippen molar-refractivity contribution in [3.05, 3.63) is 41.0 Å². The maximum Gasteiger partial charge on any atom is 0.243 e. The second kappa shape index (κ2) is 5.88. The van der Waals surface area contributed by atoms with Gasteiger partial charge in [-0.25, -0.2) is 8.42 Å². The van der Waals surface area contributed by atoms with Crippen LogP contribution in [0, 0.1) is 0 Å². The van der Waals surface area contributed by atoms with Crippen molar-refractivity contribution >= 4 is 10.0 Å². The van der Waals surface area contributed by atoms with E-state index >= 15 is 0 Å². The number of hydrogen-bond acceptors (Lipinski definition) is 4. The standard InChI is InChI=1S/C15H20N2O3S/c1-20-11-12-4-6-17(7-5-12)21(18,19)15-3-2-13-9-16-10-14(13)8-15/h2-4,8,16H,5-7,9-11H2,1H3. The quantitative estimate of drug-likeness (QED) is 0.851. The Morgan fingerprint density at radius 2 is 2.10 bits per heavy atom. The third kappa shape index (κ3) is 2.89. The number of nitrogens with zero attached hydrogens (tertiary/aromatic N) is 1. The van der Waals surface area contributed by atoms with Gasteiger partial charge in [-0.15, -0.1) is 0 Å². The molecule has 2 heterocycles. The maximum atomic E-state index is 12.7. The van der Waals surface area contributed by atoms with Gasteiger partial charge in [0.15, 0.2) is 0 Å². The molecule has 2 aliphatic rings. The van der Waals surface area contributed by atoms with E-state index in [0.29, 0.717) is 24.6 Å². The maximum absolute atomic E-state index is 12.7. The van der Waals surface area contributed by atoms with Crippen LogP contribution in [0.4, 0.5) is 0 Å². The minimum Gasteiger partial charge on any atom is -0.380 e. The molecular formula is C15H20N2O3S. The molecule has 2 aliphatic heterocycles. The van der Waals surface area contributed by atoms with Crippen molar-refractivity contribution < 1.29 is 13.2 Å². The zero-order valence-electron chi connectivity index (χ0n) is 12.1.